The molecule has 0 unspecified atom stereocenters. The monoisotopic (exact) mass is 303 g/mol. The fourth-order valence-corrected chi connectivity index (χ4v) is 2.29. The van der Waals surface area contributed by atoms with E-state index in [4.69, 9.17) is 11.6 Å². The molecule has 0 aliphatic heterocycles. The number of anilines is 1. The molecule has 0 saturated heterocycles. The zero-order valence-electron chi connectivity index (χ0n) is 9.45. The highest BCUT2D eigenvalue weighted by atomic mass is 79.9. The van der Waals surface area contributed by atoms with Crippen LogP contribution in [-0.2, 0) is 0 Å². The molecule has 0 spiro atoms. The number of halogens is 2. The molecule has 1 aliphatic rings. The van der Waals surface area contributed by atoms with Crippen molar-refractivity contribution in [2.24, 2.45) is 5.92 Å². The van der Waals surface area contributed by atoms with Crippen LogP contribution >= 0.6 is 27.5 Å². The van der Waals surface area contributed by atoms with Crippen LogP contribution in [0.4, 0.5) is 5.82 Å². The van der Waals surface area contributed by atoms with Crippen LogP contribution in [-0.4, -0.2) is 22.6 Å². The molecule has 1 aromatic heterocycles. The number of nitrogens with zero attached hydrogens (tertiary/aromatic N) is 3. The molecule has 0 bridgehead atoms. The first-order valence-corrected chi connectivity index (χ1v) is 6.69. The molecule has 0 amide bonds. The van der Waals surface area contributed by atoms with Gasteiger partial charge in [0.1, 0.15) is 17.3 Å². The summed E-state index contributed by atoms with van der Waals surface area (Å²) < 4.78 is 0.809. The molecule has 1 fully saturated rings. The highest BCUT2D eigenvalue weighted by molar-refractivity contribution is 9.10. The van der Waals surface area contributed by atoms with E-state index in [0.29, 0.717) is 17.1 Å². The maximum absolute atomic E-state index is 5.99. The van der Waals surface area contributed by atoms with Gasteiger partial charge in [0.05, 0.1) is 4.47 Å². The third-order valence-electron chi connectivity index (χ3n) is 2.55. The van der Waals surface area contributed by atoms with Crippen molar-refractivity contribution >= 4 is 33.3 Å². The molecule has 0 atom stereocenters. The molecular weight excluding hydrogens is 289 g/mol. The van der Waals surface area contributed by atoms with Crippen LogP contribution in [0.1, 0.15) is 26.7 Å². The van der Waals surface area contributed by atoms with Crippen LogP contribution in [0, 0.1) is 5.92 Å². The third-order valence-corrected chi connectivity index (χ3v) is 3.80. The van der Waals surface area contributed by atoms with E-state index in [0.717, 1.165) is 16.8 Å². The van der Waals surface area contributed by atoms with Crippen molar-refractivity contribution in [3.05, 3.63) is 16.0 Å². The SMILES string of the molecule is CC(C)CN(c1ncnc(Cl)c1Br)C1CC1. The molecule has 16 heavy (non-hydrogen) atoms. The summed E-state index contributed by atoms with van der Waals surface area (Å²) in [7, 11) is 0. The molecule has 0 aromatic carbocycles. The average Bonchev–Trinajstić information content (AvgIpc) is 3.02. The molecule has 1 aliphatic carbocycles. The van der Waals surface area contributed by atoms with Gasteiger partial charge in [0.2, 0.25) is 0 Å². The van der Waals surface area contributed by atoms with Crippen molar-refractivity contribution in [1.82, 2.24) is 9.97 Å². The van der Waals surface area contributed by atoms with E-state index in [1.54, 1.807) is 0 Å². The Labute approximate surface area is 109 Å². The first-order valence-electron chi connectivity index (χ1n) is 5.52. The second-order valence-corrected chi connectivity index (χ2v) is 5.73. The first-order chi connectivity index (χ1) is 7.59. The predicted octanol–water partition coefficient (Wildman–Crippen LogP) is 3.52. The first kappa shape index (κ1) is 12.1. The molecule has 1 saturated carbocycles. The fourth-order valence-electron chi connectivity index (χ4n) is 1.73. The van der Waals surface area contributed by atoms with Gasteiger partial charge < -0.3 is 4.90 Å². The summed E-state index contributed by atoms with van der Waals surface area (Å²) in [5.41, 5.74) is 0. The second kappa shape index (κ2) is 4.88. The lowest BCUT2D eigenvalue weighted by molar-refractivity contribution is 0.601. The summed E-state index contributed by atoms with van der Waals surface area (Å²) in [5.74, 6) is 1.54. The molecule has 0 N–H and O–H groups in total. The van der Waals surface area contributed by atoms with Gasteiger partial charge in [-0.2, -0.15) is 0 Å². The Morgan fingerprint density at radius 1 is 1.50 bits per heavy atom. The molecule has 88 valence electrons. The molecule has 3 nitrogen and oxygen atoms in total. The van der Waals surface area contributed by atoms with Gasteiger partial charge in [0, 0.05) is 12.6 Å². The van der Waals surface area contributed by atoms with Crippen LogP contribution in [0.15, 0.2) is 10.8 Å². The molecule has 0 radical (unpaired) electrons. The topological polar surface area (TPSA) is 29.0 Å². The van der Waals surface area contributed by atoms with Gasteiger partial charge in [-0.15, -0.1) is 0 Å². The third kappa shape index (κ3) is 2.66. The molecule has 1 heterocycles. The number of rotatable bonds is 4. The van der Waals surface area contributed by atoms with Gasteiger partial charge >= 0.3 is 0 Å². The summed E-state index contributed by atoms with van der Waals surface area (Å²) in [5, 5.41) is 0.486. The number of hydrogen-bond donors (Lipinski definition) is 0. The summed E-state index contributed by atoms with van der Waals surface area (Å²) in [6.07, 6.45) is 4.03. The van der Waals surface area contributed by atoms with Crippen molar-refractivity contribution in [1.29, 1.82) is 0 Å². The van der Waals surface area contributed by atoms with Crippen LogP contribution in [0.5, 0.6) is 0 Å². The lowest BCUT2D eigenvalue weighted by Crippen LogP contribution is -2.31. The fraction of sp³-hybridized carbons (Fsp3) is 0.636. The van der Waals surface area contributed by atoms with E-state index in [9.17, 15) is 0 Å². The summed E-state index contributed by atoms with van der Waals surface area (Å²) in [6, 6.07) is 0.629. The van der Waals surface area contributed by atoms with Crippen molar-refractivity contribution in [2.45, 2.75) is 32.7 Å². The van der Waals surface area contributed by atoms with Gasteiger partial charge in [-0.25, -0.2) is 9.97 Å². The standard InChI is InChI=1S/C11H15BrClN3/c1-7(2)5-16(8-3-4-8)11-9(12)10(13)14-6-15-11/h6-8H,3-5H2,1-2H3. The normalized spacial score (nSPS) is 15.6. The molecular formula is C11H15BrClN3. The van der Waals surface area contributed by atoms with E-state index in [1.165, 1.54) is 19.2 Å². The Balaban J connectivity index is 2.27. The Kier molecular flexibility index (Phi) is 3.70. The van der Waals surface area contributed by atoms with E-state index in [-0.39, 0.29) is 0 Å². The van der Waals surface area contributed by atoms with Crippen molar-refractivity contribution in [3.63, 3.8) is 0 Å². The van der Waals surface area contributed by atoms with Gasteiger partial charge in [-0.3, -0.25) is 0 Å². The Morgan fingerprint density at radius 3 is 2.75 bits per heavy atom. The molecule has 5 heteroatoms. The summed E-state index contributed by atoms with van der Waals surface area (Å²) in [6.45, 7) is 5.44. The van der Waals surface area contributed by atoms with Gasteiger partial charge in [0.25, 0.3) is 0 Å². The summed E-state index contributed by atoms with van der Waals surface area (Å²) in [4.78, 5) is 10.6. The maximum Gasteiger partial charge on any atom is 0.148 e. The zero-order valence-corrected chi connectivity index (χ0v) is 11.8. The lowest BCUT2D eigenvalue weighted by Gasteiger charge is -2.26. The highest BCUT2D eigenvalue weighted by Crippen LogP contribution is 2.36. The van der Waals surface area contributed by atoms with Crippen molar-refractivity contribution in [3.8, 4) is 0 Å². The number of aromatic nitrogens is 2. The smallest absolute Gasteiger partial charge is 0.148 e. The second-order valence-electron chi connectivity index (χ2n) is 4.58. The minimum absolute atomic E-state index is 0.486. The summed E-state index contributed by atoms with van der Waals surface area (Å²) >= 11 is 9.46. The van der Waals surface area contributed by atoms with Crippen LogP contribution < -0.4 is 4.90 Å². The zero-order chi connectivity index (χ0) is 11.7. The predicted molar refractivity (Wildman–Crippen MR) is 69.9 cm³/mol. The van der Waals surface area contributed by atoms with Crippen molar-refractivity contribution in [2.75, 3.05) is 11.4 Å². The van der Waals surface area contributed by atoms with E-state index in [2.05, 4.69) is 44.6 Å². The van der Waals surface area contributed by atoms with Crippen LogP contribution in [0.25, 0.3) is 0 Å². The Morgan fingerprint density at radius 2 is 2.19 bits per heavy atom. The minimum atomic E-state index is 0.486. The quantitative estimate of drug-likeness (QED) is 0.797. The van der Waals surface area contributed by atoms with Crippen LogP contribution in [0.3, 0.4) is 0 Å². The minimum Gasteiger partial charge on any atom is -0.352 e. The van der Waals surface area contributed by atoms with Gasteiger partial charge in [-0.1, -0.05) is 25.4 Å². The largest absolute Gasteiger partial charge is 0.352 e. The van der Waals surface area contributed by atoms with E-state index < -0.39 is 0 Å². The maximum atomic E-state index is 5.99. The van der Waals surface area contributed by atoms with Gasteiger partial charge in [-0.05, 0) is 34.7 Å². The van der Waals surface area contributed by atoms with E-state index >= 15 is 0 Å². The van der Waals surface area contributed by atoms with E-state index in [1.807, 2.05) is 0 Å². The van der Waals surface area contributed by atoms with Crippen molar-refractivity contribution < 1.29 is 0 Å². The van der Waals surface area contributed by atoms with Gasteiger partial charge in [0.15, 0.2) is 0 Å². The Hall–Kier alpha value is -0.350. The molecule has 2 rings (SSSR count). The molecule has 1 aromatic rings. The van der Waals surface area contributed by atoms with Crippen LogP contribution in [0.2, 0.25) is 5.15 Å². The average molecular weight is 305 g/mol. The Bertz CT molecular complexity index is 379. The highest BCUT2D eigenvalue weighted by Gasteiger charge is 2.31. The number of hydrogen-bond acceptors (Lipinski definition) is 3. The lowest BCUT2D eigenvalue weighted by atomic mass is 10.2.